The molecule has 1 amide bonds. The van der Waals surface area contributed by atoms with Crippen molar-refractivity contribution >= 4 is 28.5 Å². The average molecular weight is 305 g/mol. The van der Waals surface area contributed by atoms with Crippen LogP contribution in [0.25, 0.3) is 11.0 Å². The third kappa shape index (κ3) is 2.99. The van der Waals surface area contributed by atoms with Gasteiger partial charge in [0.1, 0.15) is 5.52 Å². The average Bonchev–Trinajstić information content (AvgIpc) is 2.55. The van der Waals surface area contributed by atoms with Gasteiger partial charge in [-0.05, 0) is 12.1 Å². The van der Waals surface area contributed by atoms with Crippen molar-refractivity contribution in [2.75, 3.05) is 38.6 Å². The fourth-order valence-electron chi connectivity index (χ4n) is 2.63. The summed E-state index contributed by atoms with van der Waals surface area (Å²) >= 11 is 5.76. The van der Waals surface area contributed by atoms with Gasteiger partial charge in [0.25, 0.3) is 5.91 Å². The summed E-state index contributed by atoms with van der Waals surface area (Å²) in [4.78, 5) is 25.4. The standard InChI is InChI=1S/C15H17ClN4O/c16-4-7-19-8-10-20(11-9-19)15(21)12-2-1-3-13-14(12)18-6-5-17-13/h1-3,5-6H,4,7-11H2. The number of benzene rings is 1. The van der Waals surface area contributed by atoms with Crippen LogP contribution in [0.5, 0.6) is 0 Å². The van der Waals surface area contributed by atoms with E-state index in [0.717, 1.165) is 38.2 Å². The Kier molecular flexibility index (Phi) is 4.31. The molecule has 2 aromatic rings. The van der Waals surface area contributed by atoms with Gasteiger partial charge in [-0.2, -0.15) is 0 Å². The third-order valence-corrected chi connectivity index (χ3v) is 3.96. The van der Waals surface area contributed by atoms with E-state index in [9.17, 15) is 4.79 Å². The molecular weight excluding hydrogens is 288 g/mol. The molecule has 1 aromatic carbocycles. The zero-order chi connectivity index (χ0) is 14.7. The van der Waals surface area contributed by atoms with Crippen LogP contribution in [0.3, 0.4) is 0 Å². The minimum atomic E-state index is 0.0339. The molecule has 0 atom stereocenters. The molecule has 0 bridgehead atoms. The zero-order valence-corrected chi connectivity index (χ0v) is 12.5. The van der Waals surface area contributed by atoms with Crippen LogP contribution in [0.15, 0.2) is 30.6 Å². The maximum Gasteiger partial charge on any atom is 0.256 e. The van der Waals surface area contributed by atoms with Gasteiger partial charge in [-0.15, -0.1) is 11.6 Å². The molecule has 1 aliphatic rings. The van der Waals surface area contributed by atoms with Gasteiger partial charge >= 0.3 is 0 Å². The molecule has 1 saturated heterocycles. The monoisotopic (exact) mass is 304 g/mol. The van der Waals surface area contributed by atoms with E-state index in [2.05, 4.69) is 14.9 Å². The van der Waals surface area contributed by atoms with Gasteiger partial charge in [0, 0.05) is 51.0 Å². The van der Waals surface area contributed by atoms with E-state index in [4.69, 9.17) is 11.6 Å². The van der Waals surface area contributed by atoms with Crippen LogP contribution in [-0.4, -0.2) is 64.3 Å². The molecule has 0 saturated carbocycles. The second kappa shape index (κ2) is 6.37. The number of para-hydroxylation sites is 1. The highest BCUT2D eigenvalue weighted by Gasteiger charge is 2.23. The number of hydrogen-bond acceptors (Lipinski definition) is 4. The first-order chi connectivity index (χ1) is 10.3. The summed E-state index contributed by atoms with van der Waals surface area (Å²) in [6, 6.07) is 5.55. The largest absolute Gasteiger partial charge is 0.336 e. The second-order valence-electron chi connectivity index (χ2n) is 5.05. The molecular formula is C15H17ClN4O. The van der Waals surface area contributed by atoms with Crippen LogP contribution in [-0.2, 0) is 0 Å². The number of amides is 1. The Bertz CT molecular complexity index is 635. The van der Waals surface area contributed by atoms with Crippen LogP contribution in [0, 0.1) is 0 Å². The molecule has 5 nitrogen and oxygen atoms in total. The Morgan fingerprint density at radius 2 is 1.90 bits per heavy atom. The number of carbonyl (C=O) groups is 1. The predicted molar refractivity (Wildman–Crippen MR) is 82.6 cm³/mol. The van der Waals surface area contributed by atoms with Gasteiger partial charge in [-0.3, -0.25) is 19.7 Å². The lowest BCUT2D eigenvalue weighted by Gasteiger charge is -2.34. The molecule has 1 aromatic heterocycles. The number of piperazine rings is 1. The van der Waals surface area contributed by atoms with E-state index in [1.165, 1.54) is 0 Å². The molecule has 2 heterocycles. The van der Waals surface area contributed by atoms with Crippen LogP contribution in [0.2, 0.25) is 0 Å². The number of rotatable bonds is 3. The van der Waals surface area contributed by atoms with Crippen molar-refractivity contribution in [2.24, 2.45) is 0 Å². The number of hydrogen-bond donors (Lipinski definition) is 0. The van der Waals surface area contributed by atoms with Gasteiger partial charge in [-0.1, -0.05) is 6.07 Å². The van der Waals surface area contributed by atoms with Crippen molar-refractivity contribution in [3.05, 3.63) is 36.2 Å². The molecule has 0 unspecified atom stereocenters. The smallest absolute Gasteiger partial charge is 0.256 e. The van der Waals surface area contributed by atoms with Gasteiger partial charge in [-0.25, -0.2) is 0 Å². The van der Waals surface area contributed by atoms with Crippen LogP contribution in [0.4, 0.5) is 0 Å². The summed E-state index contributed by atoms with van der Waals surface area (Å²) in [6.45, 7) is 4.08. The lowest BCUT2D eigenvalue weighted by molar-refractivity contribution is 0.0646. The maximum atomic E-state index is 12.7. The maximum absolute atomic E-state index is 12.7. The Hall–Kier alpha value is -1.72. The Balaban J connectivity index is 1.79. The molecule has 0 spiro atoms. The molecule has 0 radical (unpaired) electrons. The van der Waals surface area contributed by atoms with E-state index in [1.54, 1.807) is 12.4 Å². The highest BCUT2D eigenvalue weighted by Crippen LogP contribution is 2.17. The number of nitrogens with zero attached hydrogens (tertiary/aromatic N) is 4. The Labute approximate surface area is 128 Å². The number of alkyl halides is 1. The minimum absolute atomic E-state index is 0.0339. The van der Waals surface area contributed by atoms with Crippen LogP contribution in [0.1, 0.15) is 10.4 Å². The van der Waals surface area contributed by atoms with E-state index in [-0.39, 0.29) is 5.91 Å². The summed E-state index contributed by atoms with van der Waals surface area (Å²) in [5.41, 5.74) is 2.06. The highest BCUT2D eigenvalue weighted by atomic mass is 35.5. The quantitative estimate of drug-likeness (QED) is 0.809. The van der Waals surface area contributed by atoms with Crippen molar-refractivity contribution in [3.63, 3.8) is 0 Å². The van der Waals surface area contributed by atoms with Crippen molar-refractivity contribution in [3.8, 4) is 0 Å². The fraction of sp³-hybridized carbons (Fsp3) is 0.400. The SMILES string of the molecule is O=C(c1cccc2nccnc12)N1CCN(CCCl)CC1. The summed E-state index contributed by atoms with van der Waals surface area (Å²) in [5.74, 6) is 0.666. The van der Waals surface area contributed by atoms with Crippen LogP contribution >= 0.6 is 11.6 Å². The molecule has 6 heteroatoms. The van der Waals surface area contributed by atoms with E-state index in [0.29, 0.717) is 17.0 Å². The summed E-state index contributed by atoms with van der Waals surface area (Å²) in [5, 5.41) is 0. The first-order valence-electron chi connectivity index (χ1n) is 7.07. The lowest BCUT2D eigenvalue weighted by atomic mass is 10.1. The third-order valence-electron chi connectivity index (χ3n) is 3.79. The van der Waals surface area contributed by atoms with Gasteiger partial charge in [0.05, 0.1) is 11.1 Å². The minimum Gasteiger partial charge on any atom is -0.336 e. The number of aromatic nitrogens is 2. The van der Waals surface area contributed by atoms with Crippen molar-refractivity contribution in [1.82, 2.24) is 19.8 Å². The topological polar surface area (TPSA) is 49.3 Å². The number of halogens is 1. The number of fused-ring (bicyclic) bond motifs is 1. The molecule has 0 aliphatic carbocycles. The zero-order valence-electron chi connectivity index (χ0n) is 11.7. The summed E-state index contributed by atoms with van der Waals surface area (Å²) < 4.78 is 0. The van der Waals surface area contributed by atoms with Crippen molar-refractivity contribution in [2.45, 2.75) is 0 Å². The van der Waals surface area contributed by atoms with Crippen molar-refractivity contribution < 1.29 is 4.79 Å². The van der Waals surface area contributed by atoms with E-state index >= 15 is 0 Å². The van der Waals surface area contributed by atoms with Crippen LogP contribution < -0.4 is 0 Å². The van der Waals surface area contributed by atoms with Gasteiger partial charge in [0.2, 0.25) is 0 Å². The summed E-state index contributed by atoms with van der Waals surface area (Å²) in [7, 11) is 0. The second-order valence-corrected chi connectivity index (χ2v) is 5.43. The van der Waals surface area contributed by atoms with Crippen molar-refractivity contribution in [1.29, 1.82) is 0 Å². The molecule has 1 fully saturated rings. The molecule has 3 rings (SSSR count). The molecule has 1 aliphatic heterocycles. The molecule has 0 N–H and O–H groups in total. The van der Waals surface area contributed by atoms with Gasteiger partial charge < -0.3 is 4.90 Å². The first kappa shape index (κ1) is 14.2. The highest BCUT2D eigenvalue weighted by molar-refractivity contribution is 6.18. The predicted octanol–water partition coefficient (Wildman–Crippen LogP) is 1.63. The molecule has 110 valence electrons. The Morgan fingerprint density at radius 3 is 2.67 bits per heavy atom. The van der Waals surface area contributed by atoms with E-state index < -0.39 is 0 Å². The van der Waals surface area contributed by atoms with E-state index in [1.807, 2.05) is 23.1 Å². The van der Waals surface area contributed by atoms with Gasteiger partial charge in [0.15, 0.2) is 0 Å². The molecule has 21 heavy (non-hydrogen) atoms. The fourth-order valence-corrected chi connectivity index (χ4v) is 2.87. The normalized spacial score (nSPS) is 16.3. The summed E-state index contributed by atoms with van der Waals surface area (Å²) in [6.07, 6.45) is 3.26. The first-order valence-corrected chi connectivity index (χ1v) is 7.60. The lowest BCUT2D eigenvalue weighted by Crippen LogP contribution is -2.49. The number of carbonyl (C=O) groups excluding carboxylic acids is 1. The Morgan fingerprint density at radius 1 is 1.14 bits per heavy atom.